The molecular weight excluding hydrogens is 314 g/mol. The van der Waals surface area contributed by atoms with Crippen molar-refractivity contribution >= 4 is 34.8 Å². The first kappa shape index (κ1) is 16.0. The summed E-state index contributed by atoms with van der Waals surface area (Å²) >= 11 is 5.88. The van der Waals surface area contributed by atoms with E-state index >= 15 is 0 Å². The number of anilines is 1. The first-order valence-corrected chi connectivity index (χ1v) is 8.48. The smallest absolute Gasteiger partial charge is 0.270 e. The topological polar surface area (TPSA) is 53.0 Å². The highest BCUT2D eigenvalue weighted by Gasteiger charge is 2.28. The molecule has 2 aliphatic rings. The van der Waals surface area contributed by atoms with Crippen molar-refractivity contribution in [1.82, 2.24) is 4.90 Å². The lowest BCUT2D eigenvalue weighted by atomic mass is 10.1. The summed E-state index contributed by atoms with van der Waals surface area (Å²) < 4.78 is 0. The number of hydrogen-bond acceptors (Lipinski definition) is 3. The molecule has 1 aromatic carbocycles. The largest absolute Gasteiger partial charge is 0.338 e. The van der Waals surface area contributed by atoms with Crippen LogP contribution < -0.4 is 5.01 Å². The van der Waals surface area contributed by atoms with E-state index in [0.29, 0.717) is 29.3 Å². The summed E-state index contributed by atoms with van der Waals surface area (Å²) in [6.45, 7) is 1.57. The molecule has 0 aromatic heterocycles. The second kappa shape index (κ2) is 7.13. The second-order valence-electron chi connectivity index (χ2n) is 5.94. The Bertz CT molecular complexity index is 619. The fraction of sp³-hybridized carbons (Fsp3) is 0.471. The van der Waals surface area contributed by atoms with Crippen molar-refractivity contribution in [3.8, 4) is 0 Å². The van der Waals surface area contributed by atoms with Gasteiger partial charge in [-0.1, -0.05) is 24.4 Å². The van der Waals surface area contributed by atoms with Crippen molar-refractivity contribution in [2.24, 2.45) is 5.10 Å². The zero-order valence-electron chi connectivity index (χ0n) is 13.0. The Labute approximate surface area is 140 Å². The molecule has 6 heteroatoms. The Hall–Kier alpha value is -1.88. The van der Waals surface area contributed by atoms with E-state index in [1.807, 2.05) is 4.90 Å². The van der Waals surface area contributed by atoms with Crippen molar-refractivity contribution in [2.45, 2.75) is 38.5 Å². The highest BCUT2D eigenvalue weighted by Crippen LogP contribution is 2.23. The van der Waals surface area contributed by atoms with Crippen LogP contribution in [0.2, 0.25) is 5.02 Å². The monoisotopic (exact) mass is 333 g/mol. The molecular formula is C17H20ClN3O2. The summed E-state index contributed by atoms with van der Waals surface area (Å²) in [4.78, 5) is 26.7. The number of nitrogens with zero attached hydrogens (tertiary/aromatic N) is 3. The van der Waals surface area contributed by atoms with E-state index in [1.165, 1.54) is 17.9 Å². The summed E-state index contributed by atoms with van der Waals surface area (Å²) in [7, 11) is 0. The third-order valence-corrected chi connectivity index (χ3v) is 4.50. The molecule has 0 bridgehead atoms. The lowest BCUT2D eigenvalue weighted by Crippen LogP contribution is -2.42. The summed E-state index contributed by atoms with van der Waals surface area (Å²) in [5.74, 6) is -0.127. The molecule has 1 saturated heterocycles. The van der Waals surface area contributed by atoms with Gasteiger partial charge in [-0.25, -0.2) is 5.01 Å². The molecule has 2 heterocycles. The molecule has 1 aromatic rings. The quantitative estimate of drug-likeness (QED) is 0.834. The van der Waals surface area contributed by atoms with E-state index in [4.69, 9.17) is 11.6 Å². The van der Waals surface area contributed by atoms with E-state index in [1.54, 1.807) is 24.3 Å². The van der Waals surface area contributed by atoms with Gasteiger partial charge in [-0.15, -0.1) is 0 Å². The van der Waals surface area contributed by atoms with Crippen LogP contribution in [0.25, 0.3) is 0 Å². The number of amides is 2. The molecule has 23 heavy (non-hydrogen) atoms. The van der Waals surface area contributed by atoms with Gasteiger partial charge in [-0.3, -0.25) is 9.59 Å². The highest BCUT2D eigenvalue weighted by molar-refractivity contribution is 6.40. The molecule has 2 aliphatic heterocycles. The summed E-state index contributed by atoms with van der Waals surface area (Å²) in [5.41, 5.74) is 1.11. The predicted octanol–water partition coefficient (Wildman–Crippen LogP) is 3.23. The van der Waals surface area contributed by atoms with Crippen LogP contribution in [-0.4, -0.2) is 35.5 Å². The average Bonchev–Trinajstić information content (AvgIpc) is 2.85. The Kier molecular flexibility index (Phi) is 4.96. The molecule has 0 N–H and O–H groups in total. The van der Waals surface area contributed by atoms with E-state index < -0.39 is 0 Å². The van der Waals surface area contributed by atoms with Crippen LogP contribution in [0.5, 0.6) is 0 Å². The van der Waals surface area contributed by atoms with Gasteiger partial charge >= 0.3 is 0 Å². The normalized spacial score (nSPS) is 19.3. The molecule has 0 unspecified atom stereocenters. The van der Waals surface area contributed by atoms with Crippen molar-refractivity contribution in [2.75, 3.05) is 18.1 Å². The van der Waals surface area contributed by atoms with Gasteiger partial charge in [0.2, 0.25) is 5.91 Å². The van der Waals surface area contributed by atoms with Gasteiger partial charge in [0.1, 0.15) is 5.71 Å². The van der Waals surface area contributed by atoms with Crippen LogP contribution in [0.3, 0.4) is 0 Å². The van der Waals surface area contributed by atoms with E-state index in [-0.39, 0.29) is 11.8 Å². The van der Waals surface area contributed by atoms with Crippen LogP contribution in [0.4, 0.5) is 5.69 Å². The fourth-order valence-electron chi connectivity index (χ4n) is 2.95. The summed E-state index contributed by atoms with van der Waals surface area (Å²) in [6, 6.07) is 6.90. The second-order valence-corrected chi connectivity index (χ2v) is 6.37. The first-order valence-electron chi connectivity index (χ1n) is 8.10. The predicted molar refractivity (Wildman–Crippen MR) is 90.7 cm³/mol. The summed E-state index contributed by atoms with van der Waals surface area (Å²) in [5, 5.41) is 6.26. The molecule has 0 atom stereocenters. The Morgan fingerprint density at radius 1 is 1.00 bits per heavy atom. The number of carbonyl (C=O) groups excluding carboxylic acids is 2. The minimum absolute atomic E-state index is 0.0293. The van der Waals surface area contributed by atoms with Crippen LogP contribution in [0.1, 0.15) is 38.5 Å². The molecule has 3 rings (SSSR count). The lowest BCUT2D eigenvalue weighted by molar-refractivity contribution is -0.124. The zero-order chi connectivity index (χ0) is 16.2. The molecule has 2 amide bonds. The number of hydrazone groups is 1. The number of benzene rings is 1. The molecule has 1 fully saturated rings. The highest BCUT2D eigenvalue weighted by atomic mass is 35.5. The number of rotatable bonds is 2. The van der Waals surface area contributed by atoms with Crippen LogP contribution in [0, 0.1) is 0 Å². The van der Waals surface area contributed by atoms with Gasteiger partial charge in [0.15, 0.2) is 0 Å². The van der Waals surface area contributed by atoms with Gasteiger partial charge in [0.25, 0.3) is 5.91 Å². The standard InChI is InChI=1S/C17H20ClN3O2/c18-13-5-7-14(8-6-13)21-16(22)10-9-15(19-21)17(23)20-11-3-1-2-4-12-20/h5-8H,1-4,9-12H2. The first-order chi connectivity index (χ1) is 11.1. The average molecular weight is 334 g/mol. The molecule has 0 radical (unpaired) electrons. The molecule has 0 spiro atoms. The van der Waals surface area contributed by atoms with Gasteiger partial charge in [0.05, 0.1) is 5.69 Å². The van der Waals surface area contributed by atoms with Crippen molar-refractivity contribution in [1.29, 1.82) is 0 Å². The Morgan fingerprint density at radius 3 is 2.30 bits per heavy atom. The van der Waals surface area contributed by atoms with E-state index in [9.17, 15) is 9.59 Å². The summed E-state index contributed by atoms with van der Waals surface area (Å²) in [6.07, 6.45) is 5.15. The van der Waals surface area contributed by atoms with Gasteiger partial charge in [-0.05, 0) is 37.1 Å². The minimum atomic E-state index is -0.0975. The molecule has 0 saturated carbocycles. The van der Waals surface area contributed by atoms with E-state index in [0.717, 1.165) is 25.9 Å². The fourth-order valence-corrected chi connectivity index (χ4v) is 3.07. The van der Waals surface area contributed by atoms with Crippen LogP contribution >= 0.6 is 11.6 Å². The van der Waals surface area contributed by atoms with Crippen LogP contribution in [-0.2, 0) is 9.59 Å². The molecule has 122 valence electrons. The van der Waals surface area contributed by atoms with Crippen molar-refractivity contribution in [3.05, 3.63) is 29.3 Å². The zero-order valence-corrected chi connectivity index (χ0v) is 13.8. The van der Waals surface area contributed by atoms with Gasteiger partial charge in [0, 0.05) is 31.0 Å². The maximum absolute atomic E-state index is 12.7. The SMILES string of the molecule is O=C(C1=NN(c2ccc(Cl)cc2)C(=O)CC1)N1CCCCCC1. The maximum atomic E-state index is 12.7. The molecule has 5 nitrogen and oxygen atoms in total. The number of halogens is 1. The van der Waals surface area contributed by atoms with Crippen LogP contribution in [0.15, 0.2) is 29.4 Å². The number of carbonyl (C=O) groups is 2. The van der Waals surface area contributed by atoms with E-state index in [2.05, 4.69) is 5.10 Å². The lowest BCUT2D eigenvalue weighted by Gasteiger charge is -2.26. The van der Waals surface area contributed by atoms with Gasteiger partial charge < -0.3 is 4.90 Å². The third-order valence-electron chi connectivity index (χ3n) is 4.24. The van der Waals surface area contributed by atoms with Crippen molar-refractivity contribution in [3.63, 3.8) is 0 Å². The third kappa shape index (κ3) is 3.72. The number of hydrogen-bond donors (Lipinski definition) is 0. The maximum Gasteiger partial charge on any atom is 0.270 e. The Morgan fingerprint density at radius 2 is 1.65 bits per heavy atom. The van der Waals surface area contributed by atoms with Gasteiger partial charge in [-0.2, -0.15) is 5.10 Å². The van der Waals surface area contributed by atoms with Crippen molar-refractivity contribution < 1.29 is 9.59 Å². The Balaban J connectivity index is 1.81. The number of likely N-dealkylation sites (tertiary alicyclic amines) is 1. The molecule has 0 aliphatic carbocycles. The minimum Gasteiger partial charge on any atom is -0.338 e.